The van der Waals surface area contributed by atoms with Gasteiger partial charge in [-0.1, -0.05) is 19.2 Å². The molecule has 3 rings (SSSR count). The van der Waals surface area contributed by atoms with E-state index in [-0.39, 0.29) is 0 Å². The Morgan fingerprint density at radius 1 is 1.14 bits per heavy atom. The Labute approximate surface area is 93.2 Å². The van der Waals surface area contributed by atoms with E-state index in [2.05, 4.69) is 37.5 Å². The summed E-state index contributed by atoms with van der Waals surface area (Å²) in [5, 5.41) is 5.57. The number of fused-ring (bicyclic) bond motifs is 3. The Balaban J connectivity index is 2.40. The van der Waals surface area contributed by atoms with Crippen LogP contribution in [-0.4, -0.2) is 8.07 Å². The number of thiophene rings is 2. The Morgan fingerprint density at radius 3 is 2.71 bits per heavy atom. The Morgan fingerprint density at radius 2 is 1.93 bits per heavy atom. The highest BCUT2D eigenvalue weighted by Gasteiger charge is 2.39. The van der Waals surface area contributed by atoms with Crippen molar-refractivity contribution in [3.63, 3.8) is 0 Å². The molecule has 3 heteroatoms. The maximum absolute atomic E-state index is 2.47. The molecule has 2 aromatic rings. The highest BCUT2D eigenvalue weighted by atomic mass is 32.1. The molecule has 0 radical (unpaired) electrons. The SMILES string of the molecule is Cc1cc2c(s1)-c1sccc1[Si]2(C)C. The molecule has 0 amide bonds. The average Bonchev–Trinajstić information content (AvgIpc) is 2.70. The van der Waals surface area contributed by atoms with Crippen molar-refractivity contribution in [2.24, 2.45) is 0 Å². The highest BCUT2D eigenvalue weighted by Crippen LogP contribution is 2.37. The molecule has 0 fully saturated rings. The standard InChI is InChI=1S/C11H12S2Si/c1-7-6-9-11(13-7)10-8(4-5-12-10)14(9,2)3/h4-6H,1-3H3. The van der Waals surface area contributed by atoms with E-state index in [1.54, 1.807) is 20.1 Å². The maximum Gasteiger partial charge on any atom is 0.116 e. The van der Waals surface area contributed by atoms with E-state index < -0.39 is 8.07 Å². The van der Waals surface area contributed by atoms with E-state index >= 15 is 0 Å². The maximum atomic E-state index is 2.47. The molecule has 0 bridgehead atoms. The molecule has 1 aliphatic rings. The summed E-state index contributed by atoms with van der Waals surface area (Å²) in [6, 6.07) is 4.76. The minimum atomic E-state index is -1.29. The van der Waals surface area contributed by atoms with Crippen molar-refractivity contribution < 1.29 is 0 Å². The van der Waals surface area contributed by atoms with Gasteiger partial charge in [0.25, 0.3) is 0 Å². The summed E-state index contributed by atoms with van der Waals surface area (Å²) in [5.41, 5.74) is 0. The number of hydrogen-bond donors (Lipinski definition) is 0. The summed E-state index contributed by atoms with van der Waals surface area (Å²) in [6.07, 6.45) is 0. The van der Waals surface area contributed by atoms with Crippen LogP contribution in [0.3, 0.4) is 0 Å². The summed E-state index contributed by atoms with van der Waals surface area (Å²) in [4.78, 5) is 4.61. The van der Waals surface area contributed by atoms with Crippen LogP contribution in [0.25, 0.3) is 9.75 Å². The van der Waals surface area contributed by atoms with Gasteiger partial charge in [-0.3, -0.25) is 0 Å². The van der Waals surface area contributed by atoms with Crippen LogP contribution in [0.4, 0.5) is 0 Å². The van der Waals surface area contributed by atoms with Crippen molar-refractivity contribution in [1.29, 1.82) is 0 Å². The zero-order valence-electron chi connectivity index (χ0n) is 8.55. The fourth-order valence-corrected chi connectivity index (χ4v) is 9.18. The lowest BCUT2D eigenvalue weighted by atomic mass is 10.4. The van der Waals surface area contributed by atoms with Gasteiger partial charge in [0, 0.05) is 14.6 Å². The molecule has 14 heavy (non-hydrogen) atoms. The van der Waals surface area contributed by atoms with E-state index in [1.165, 1.54) is 4.88 Å². The van der Waals surface area contributed by atoms with Gasteiger partial charge < -0.3 is 0 Å². The third-order valence-electron chi connectivity index (χ3n) is 3.07. The van der Waals surface area contributed by atoms with E-state index in [0.717, 1.165) is 0 Å². The molecule has 2 aromatic heterocycles. The first-order chi connectivity index (χ1) is 6.60. The van der Waals surface area contributed by atoms with Crippen LogP contribution in [-0.2, 0) is 0 Å². The smallest absolute Gasteiger partial charge is 0.116 e. The molecule has 0 nitrogen and oxygen atoms in total. The lowest BCUT2D eigenvalue weighted by Crippen LogP contribution is -2.48. The first kappa shape index (κ1) is 8.89. The number of rotatable bonds is 0. The van der Waals surface area contributed by atoms with Crippen molar-refractivity contribution in [2.75, 3.05) is 0 Å². The lowest BCUT2D eigenvalue weighted by Gasteiger charge is -2.15. The van der Waals surface area contributed by atoms with Crippen LogP contribution >= 0.6 is 22.7 Å². The fraction of sp³-hybridized carbons (Fsp3) is 0.273. The highest BCUT2D eigenvalue weighted by molar-refractivity contribution is 7.28. The molecule has 0 saturated heterocycles. The van der Waals surface area contributed by atoms with Gasteiger partial charge in [-0.25, -0.2) is 0 Å². The molecule has 0 unspecified atom stereocenters. The molecule has 0 spiro atoms. The van der Waals surface area contributed by atoms with Crippen molar-refractivity contribution in [3.8, 4) is 9.75 Å². The third kappa shape index (κ3) is 0.925. The summed E-state index contributed by atoms with van der Waals surface area (Å²) >= 11 is 3.89. The van der Waals surface area contributed by atoms with Gasteiger partial charge in [0.2, 0.25) is 0 Å². The summed E-state index contributed by atoms with van der Waals surface area (Å²) in [7, 11) is -1.29. The van der Waals surface area contributed by atoms with Crippen LogP contribution in [0.1, 0.15) is 4.88 Å². The number of hydrogen-bond acceptors (Lipinski definition) is 2. The molecular formula is C11H12S2Si. The quantitative estimate of drug-likeness (QED) is 0.617. The average molecular weight is 236 g/mol. The monoisotopic (exact) mass is 236 g/mol. The Kier molecular flexibility index (Phi) is 1.65. The van der Waals surface area contributed by atoms with Crippen molar-refractivity contribution in [2.45, 2.75) is 20.0 Å². The van der Waals surface area contributed by atoms with Crippen LogP contribution in [0, 0.1) is 6.92 Å². The van der Waals surface area contributed by atoms with Crippen molar-refractivity contribution in [3.05, 3.63) is 22.4 Å². The topological polar surface area (TPSA) is 0 Å². The molecule has 0 aliphatic carbocycles. The second-order valence-electron chi connectivity index (χ2n) is 4.39. The summed E-state index contributed by atoms with van der Waals surface area (Å²) in [6.45, 7) is 7.16. The fourth-order valence-electron chi connectivity index (χ4n) is 2.27. The second kappa shape index (κ2) is 2.59. The van der Waals surface area contributed by atoms with Gasteiger partial charge >= 0.3 is 0 Å². The van der Waals surface area contributed by atoms with Crippen LogP contribution in [0.2, 0.25) is 13.1 Å². The van der Waals surface area contributed by atoms with Gasteiger partial charge in [-0.05, 0) is 28.7 Å². The molecule has 3 heterocycles. The van der Waals surface area contributed by atoms with Crippen LogP contribution in [0.5, 0.6) is 0 Å². The Bertz CT molecular complexity index is 505. The van der Waals surface area contributed by atoms with E-state index in [4.69, 9.17) is 0 Å². The van der Waals surface area contributed by atoms with Gasteiger partial charge in [0.15, 0.2) is 0 Å². The molecule has 0 saturated carbocycles. The van der Waals surface area contributed by atoms with Gasteiger partial charge in [0.05, 0.1) is 0 Å². The molecule has 1 aliphatic heterocycles. The molecule has 0 aromatic carbocycles. The largest absolute Gasteiger partial charge is 0.143 e. The summed E-state index contributed by atoms with van der Waals surface area (Å²) in [5.74, 6) is 0. The predicted octanol–water partition coefficient (Wildman–Crippen LogP) is 2.92. The minimum absolute atomic E-state index is 1.29. The molecule has 0 N–H and O–H groups in total. The van der Waals surface area contributed by atoms with Crippen LogP contribution < -0.4 is 10.4 Å². The Hall–Kier alpha value is -0.383. The van der Waals surface area contributed by atoms with Gasteiger partial charge in [-0.2, -0.15) is 0 Å². The lowest BCUT2D eigenvalue weighted by molar-refractivity contribution is 1.65. The van der Waals surface area contributed by atoms with Gasteiger partial charge in [0.1, 0.15) is 8.07 Å². The van der Waals surface area contributed by atoms with Gasteiger partial charge in [-0.15, -0.1) is 22.7 Å². The first-order valence-corrected chi connectivity index (χ1v) is 9.49. The zero-order valence-corrected chi connectivity index (χ0v) is 11.2. The normalized spacial score (nSPS) is 16.8. The second-order valence-corrected chi connectivity index (χ2v) is 10.9. The third-order valence-corrected chi connectivity index (χ3v) is 9.07. The van der Waals surface area contributed by atoms with Crippen molar-refractivity contribution >= 4 is 41.1 Å². The van der Waals surface area contributed by atoms with Crippen molar-refractivity contribution in [1.82, 2.24) is 0 Å². The predicted molar refractivity (Wildman–Crippen MR) is 69.1 cm³/mol. The van der Waals surface area contributed by atoms with E-state index in [1.807, 2.05) is 22.7 Å². The molecule has 72 valence electrons. The van der Waals surface area contributed by atoms with E-state index in [9.17, 15) is 0 Å². The zero-order chi connectivity index (χ0) is 9.92. The molecule has 0 atom stereocenters. The summed E-state index contributed by atoms with van der Waals surface area (Å²) < 4.78 is 0. The van der Waals surface area contributed by atoms with Crippen LogP contribution in [0.15, 0.2) is 17.5 Å². The minimum Gasteiger partial charge on any atom is -0.143 e. The van der Waals surface area contributed by atoms with E-state index in [0.29, 0.717) is 0 Å². The molecular weight excluding hydrogens is 224 g/mol. The first-order valence-electron chi connectivity index (χ1n) is 4.80. The number of aryl methyl sites for hydroxylation is 1.